The quantitative estimate of drug-likeness (QED) is 0.377. The largest absolute Gasteiger partial charge is 0.387 e. The fraction of sp³-hybridized carbons (Fsp3) is 1.00. The molecule has 0 aromatic carbocycles. The molecule has 2 fully saturated rings. The molecule has 0 aliphatic carbocycles. The lowest BCUT2D eigenvalue weighted by Crippen LogP contribution is -2.53. The molecule has 64 valence electrons. The van der Waals surface area contributed by atoms with Gasteiger partial charge in [0.25, 0.3) is 0 Å². The Balaban J connectivity index is 2.16. The van der Waals surface area contributed by atoms with Crippen molar-refractivity contribution in [2.75, 3.05) is 6.61 Å². The van der Waals surface area contributed by atoms with E-state index in [1.165, 1.54) is 0 Å². The summed E-state index contributed by atoms with van der Waals surface area (Å²) in [6.45, 7) is 0.236. The van der Waals surface area contributed by atoms with Crippen LogP contribution in [0.1, 0.15) is 0 Å². The topological polar surface area (TPSA) is 79.2 Å². The van der Waals surface area contributed by atoms with E-state index in [9.17, 15) is 10.2 Å². The first-order chi connectivity index (χ1) is 5.20. The molecule has 2 bridgehead atoms. The average Bonchev–Trinajstić information content (AvgIpc) is 2.44. The van der Waals surface area contributed by atoms with Crippen molar-refractivity contribution in [1.29, 1.82) is 0 Å². The highest BCUT2D eigenvalue weighted by atomic mass is 16.7. The summed E-state index contributed by atoms with van der Waals surface area (Å²) in [6, 6.07) is 0. The molecule has 2 heterocycles. The summed E-state index contributed by atoms with van der Waals surface area (Å²) in [6.07, 6.45) is -4.58. The molecule has 2 saturated heterocycles. The fourth-order valence-corrected chi connectivity index (χ4v) is 1.38. The minimum absolute atomic E-state index is 0.236. The van der Waals surface area contributed by atoms with Gasteiger partial charge in [0, 0.05) is 0 Å². The Hall–Kier alpha value is -0.200. The smallest absolute Gasteiger partial charge is 0.186 e. The molecule has 0 aromatic rings. The van der Waals surface area contributed by atoms with Crippen LogP contribution in [0, 0.1) is 0 Å². The molecule has 5 nitrogen and oxygen atoms in total. The Morgan fingerprint density at radius 1 is 1.00 bits per heavy atom. The van der Waals surface area contributed by atoms with Crippen molar-refractivity contribution in [2.45, 2.75) is 30.7 Å². The highest BCUT2D eigenvalue weighted by Gasteiger charge is 2.48. The fourth-order valence-electron chi connectivity index (χ4n) is 1.38. The van der Waals surface area contributed by atoms with Crippen molar-refractivity contribution in [2.24, 2.45) is 0 Å². The summed E-state index contributed by atoms with van der Waals surface area (Å²) in [5, 5.41) is 27.6. The van der Waals surface area contributed by atoms with E-state index in [0.717, 1.165) is 0 Å². The van der Waals surface area contributed by atoms with Gasteiger partial charge in [0.05, 0.1) is 6.61 Å². The standard InChI is InChI=1S/C6H10O5/c7-3-2-1-10-6(11-2)5(9)4(3)8/h2-9H,1H2/t2?,3-,4+,5-,6?/m1/s1. The monoisotopic (exact) mass is 162 g/mol. The second kappa shape index (κ2) is 2.40. The van der Waals surface area contributed by atoms with Gasteiger partial charge < -0.3 is 24.8 Å². The van der Waals surface area contributed by atoms with Gasteiger partial charge in [0.15, 0.2) is 6.29 Å². The van der Waals surface area contributed by atoms with E-state index in [4.69, 9.17) is 14.6 Å². The molecule has 2 unspecified atom stereocenters. The highest BCUT2D eigenvalue weighted by Crippen LogP contribution is 2.27. The van der Waals surface area contributed by atoms with E-state index >= 15 is 0 Å². The first-order valence-electron chi connectivity index (χ1n) is 3.51. The Kier molecular flexibility index (Phi) is 1.62. The van der Waals surface area contributed by atoms with Crippen LogP contribution in [-0.4, -0.2) is 52.6 Å². The van der Waals surface area contributed by atoms with Crippen molar-refractivity contribution in [3.8, 4) is 0 Å². The van der Waals surface area contributed by atoms with Crippen LogP contribution in [0.5, 0.6) is 0 Å². The van der Waals surface area contributed by atoms with Crippen molar-refractivity contribution >= 4 is 0 Å². The van der Waals surface area contributed by atoms with E-state index in [-0.39, 0.29) is 6.61 Å². The molecule has 3 N–H and O–H groups in total. The van der Waals surface area contributed by atoms with Gasteiger partial charge in [0.1, 0.15) is 24.4 Å². The maximum Gasteiger partial charge on any atom is 0.186 e. The van der Waals surface area contributed by atoms with Gasteiger partial charge in [-0.1, -0.05) is 0 Å². The summed E-state index contributed by atoms with van der Waals surface area (Å²) in [4.78, 5) is 0. The van der Waals surface area contributed by atoms with E-state index in [0.29, 0.717) is 0 Å². The van der Waals surface area contributed by atoms with Gasteiger partial charge >= 0.3 is 0 Å². The average molecular weight is 162 g/mol. The molecule has 2 aliphatic heterocycles. The molecule has 2 aliphatic rings. The van der Waals surface area contributed by atoms with Gasteiger partial charge in [-0.05, 0) is 0 Å². The minimum atomic E-state index is -1.15. The van der Waals surface area contributed by atoms with E-state index in [2.05, 4.69) is 0 Å². The Labute approximate surface area is 63.2 Å². The lowest BCUT2D eigenvalue weighted by molar-refractivity contribution is -0.228. The number of rotatable bonds is 0. The van der Waals surface area contributed by atoms with Crippen LogP contribution < -0.4 is 0 Å². The maximum absolute atomic E-state index is 9.22. The zero-order valence-corrected chi connectivity index (χ0v) is 5.75. The second-order valence-electron chi connectivity index (χ2n) is 2.85. The van der Waals surface area contributed by atoms with Crippen LogP contribution in [0.25, 0.3) is 0 Å². The molecule has 0 spiro atoms. The molecular weight excluding hydrogens is 152 g/mol. The van der Waals surface area contributed by atoms with E-state index in [1.54, 1.807) is 0 Å². The first kappa shape index (κ1) is 7.45. The van der Waals surface area contributed by atoms with Crippen LogP contribution in [0.15, 0.2) is 0 Å². The number of aliphatic hydroxyl groups excluding tert-OH is 3. The van der Waals surface area contributed by atoms with Crippen LogP contribution in [0.3, 0.4) is 0 Å². The molecule has 0 aromatic heterocycles. The van der Waals surface area contributed by atoms with E-state index in [1.807, 2.05) is 0 Å². The maximum atomic E-state index is 9.22. The molecule has 2 rings (SSSR count). The molecule has 5 heteroatoms. The molecule has 0 saturated carbocycles. The van der Waals surface area contributed by atoms with Crippen molar-refractivity contribution < 1.29 is 24.8 Å². The lowest BCUT2D eigenvalue weighted by Gasteiger charge is -2.32. The van der Waals surface area contributed by atoms with Gasteiger partial charge in [-0.15, -0.1) is 0 Å². The third-order valence-corrected chi connectivity index (χ3v) is 2.09. The van der Waals surface area contributed by atoms with Crippen molar-refractivity contribution in [3.63, 3.8) is 0 Å². The summed E-state index contributed by atoms with van der Waals surface area (Å²) in [7, 11) is 0. The van der Waals surface area contributed by atoms with Crippen LogP contribution in [-0.2, 0) is 9.47 Å². The lowest BCUT2D eigenvalue weighted by atomic mass is 10.0. The molecule has 0 amide bonds. The number of fused-ring (bicyclic) bond motifs is 2. The van der Waals surface area contributed by atoms with Gasteiger partial charge in [-0.2, -0.15) is 0 Å². The minimum Gasteiger partial charge on any atom is -0.387 e. The molecule has 5 atom stereocenters. The van der Waals surface area contributed by atoms with Crippen molar-refractivity contribution in [1.82, 2.24) is 0 Å². The second-order valence-corrected chi connectivity index (χ2v) is 2.85. The Morgan fingerprint density at radius 2 is 1.73 bits per heavy atom. The number of aliphatic hydroxyl groups is 3. The zero-order chi connectivity index (χ0) is 8.01. The summed E-state index contributed by atoms with van der Waals surface area (Å²) in [5.74, 6) is 0. The Morgan fingerprint density at radius 3 is 2.45 bits per heavy atom. The highest BCUT2D eigenvalue weighted by molar-refractivity contribution is 4.92. The van der Waals surface area contributed by atoms with Gasteiger partial charge in [0.2, 0.25) is 0 Å². The Bertz CT molecular complexity index is 141. The normalized spacial score (nSPS) is 56.5. The summed E-state index contributed by atoms with van der Waals surface area (Å²) < 4.78 is 9.95. The predicted octanol–water partition coefficient (Wildman–Crippen LogP) is -2.18. The third-order valence-electron chi connectivity index (χ3n) is 2.09. The SMILES string of the molecule is O[C@H]1[C@H](O)C2COC(O2)[C@@H]1O. The van der Waals surface area contributed by atoms with E-state index < -0.39 is 30.7 Å². The van der Waals surface area contributed by atoms with Crippen LogP contribution >= 0.6 is 0 Å². The molecule has 0 radical (unpaired) electrons. The van der Waals surface area contributed by atoms with Gasteiger partial charge in [-0.3, -0.25) is 0 Å². The molecule has 11 heavy (non-hydrogen) atoms. The van der Waals surface area contributed by atoms with Crippen molar-refractivity contribution in [3.05, 3.63) is 0 Å². The third kappa shape index (κ3) is 0.969. The van der Waals surface area contributed by atoms with Crippen LogP contribution in [0.2, 0.25) is 0 Å². The zero-order valence-electron chi connectivity index (χ0n) is 5.75. The van der Waals surface area contributed by atoms with Crippen LogP contribution in [0.4, 0.5) is 0 Å². The summed E-state index contributed by atoms with van der Waals surface area (Å²) >= 11 is 0. The predicted molar refractivity (Wildman–Crippen MR) is 32.6 cm³/mol. The van der Waals surface area contributed by atoms with Gasteiger partial charge in [-0.25, -0.2) is 0 Å². The first-order valence-corrected chi connectivity index (χ1v) is 3.51. The number of hydrogen-bond donors (Lipinski definition) is 3. The molecular formula is C6H10O5. The summed E-state index contributed by atoms with van der Waals surface area (Å²) in [5.41, 5.74) is 0. The number of hydrogen-bond acceptors (Lipinski definition) is 5. The number of ether oxygens (including phenoxy) is 2.